The minimum absolute atomic E-state index is 0.303. The molecule has 1 aromatic carbocycles. The first kappa shape index (κ1) is 19.8. The van der Waals surface area contributed by atoms with Crippen LogP contribution >= 0.6 is 11.3 Å². The van der Waals surface area contributed by atoms with Crippen molar-refractivity contribution in [3.63, 3.8) is 0 Å². The predicted molar refractivity (Wildman–Crippen MR) is 109 cm³/mol. The van der Waals surface area contributed by atoms with Gasteiger partial charge in [0.05, 0.1) is 17.6 Å². The highest BCUT2D eigenvalue weighted by Crippen LogP contribution is 2.17. The van der Waals surface area contributed by atoms with Crippen molar-refractivity contribution in [2.45, 2.75) is 26.7 Å². The van der Waals surface area contributed by atoms with E-state index in [1.54, 1.807) is 16.0 Å². The van der Waals surface area contributed by atoms with Crippen LogP contribution in [-0.4, -0.2) is 34.8 Å². The van der Waals surface area contributed by atoms with Gasteiger partial charge in [-0.15, -0.1) is 11.3 Å². The van der Waals surface area contributed by atoms with Crippen molar-refractivity contribution in [1.82, 2.24) is 15.1 Å². The molecule has 3 aromatic rings. The molecule has 146 valence electrons. The van der Waals surface area contributed by atoms with E-state index in [9.17, 15) is 9.59 Å². The number of aromatic nitrogens is 2. The number of nitrogens with zero attached hydrogens (tertiary/aromatic N) is 2. The van der Waals surface area contributed by atoms with Crippen LogP contribution in [0.2, 0.25) is 0 Å². The first-order valence-electron chi connectivity index (χ1n) is 9.18. The third-order valence-corrected chi connectivity index (χ3v) is 5.25. The smallest absolute Gasteiger partial charge is 0.342 e. The molecule has 0 atom stereocenters. The van der Waals surface area contributed by atoms with Crippen molar-refractivity contribution in [2.75, 3.05) is 13.2 Å². The average molecular weight is 398 g/mol. The lowest BCUT2D eigenvalue weighted by Gasteiger charge is -2.09. The van der Waals surface area contributed by atoms with E-state index in [0.717, 1.165) is 23.4 Å². The number of carbonyl (C=O) groups is 2. The third-order valence-electron chi connectivity index (χ3n) is 4.31. The van der Waals surface area contributed by atoms with Crippen LogP contribution in [0.3, 0.4) is 0 Å². The number of amides is 1. The second-order valence-electron chi connectivity index (χ2n) is 6.36. The van der Waals surface area contributed by atoms with Crippen LogP contribution in [0.1, 0.15) is 33.4 Å². The van der Waals surface area contributed by atoms with E-state index in [-0.39, 0.29) is 12.5 Å². The fraction of sp³-hybridized carbons (Fsp3) is 0.286. The van der Waals surface area contributed by atoms with Gasteiger partial charge in [-0.25, -0.2) is 9.48 Å². The van der Waals surface area contributed by atoms with E-state index in [1.807, 2.05) is 55.6 Å². The minimum Gasteiger partial charge on any atom is -0.452 e. The van der Waals surface area contributed by atoms with E-state index < -0.39 is 5.97 Å². The van der Waals surface area contributed by atoms with Crippen molar-refractivity contribution < 1.29 is 14.3 Å². The SMILES string of the molecule is CCc1c(C(=O)OCC(=O)NCCc2cccs2)cnn1-c1ccc(C)cc1. The summed E-state index contributed by atoms with van der Waals surface area (Å²) in [4.78, 5) is 25.6. The van der Waals surface area contributed by atoms with E-state index in [0.29, 0.717) is 18.5 Å². The zero-order chi connectivity index (χ0) is 19.9. The molecule has 0 fully saturated rings. The van der Waals surface area contributed by atoms with Gasteiger partial charge in [-0.1, -0.05) is 30.7 Å². The van der Waals surface area contributed by atoms with Gasteiger partial charge in [-0.05, 0) is 43.3 Å². The maximum absolute atomic E-state index is 12.4. The summed E-state index contributed by atoms with van der Waals surface area (Å²) in [6.45, 7) is 4.18. The molecule has 0 saturated carbocycles. The lowest BCUT2D eigenvalue weighted by Crippen LogP contribution is -2.30. The highest BCUT2D eigenvalue weighted by atomic mass is 32.1. The van der Waals surface area contributed by atoms with Crippen LogP contribution in [0.15, 0.2) is 48.0 Å². The van der Waals surface area contributed by atoms with Crippen molar-refractivity contribution in [2.24, 2.45) is 0 Å². The fourth-order valence-corrected chi connectivity index (χ4v) is 3.54. The molecule has 6 nitrogen and oxygen atoms in total. The third kappa shape index (κ3) is 4.86. The number of hydrogen-bond acceptors (Lipinski definition) is 5. The van der Waals surface area contributed by atoms with Gasteiger partial charge >= 0.3 is 5.97 Å². The lowest BCUT2D eigenvalue weighted by atomic mass is 10.2. The van der Waals surface area contributed by atoms with Gasteiger partial charge in [0, 0.05) is 11.4 Å². The van der Waals surface area contributed by atoms with Crippen LogP contribution in [0, 0.1) is 6.92 Å². The molecular formula is C21H23N3O3S. The molecule has 1 amide bonds. The van der Waals surface area contributed by atoms with Crippen LogP contribution in [0.4, 0.5) is 0 Å². The van der Waals surface area contributed by atoms with Crippen LogP contribution in [0.5, 0.6) is 0 Å². The normalized spacial score (nSPS) is 10.6. The van der Waals surface area contributed by atoms with Gasteiger partial charge in [0.2, 0.25) is 0 Å². The molecule has 0 aliphatic rings. The summed E-state index contributed by atoms with van der Waals surface area (Å²) in [5.41, 5.74) is 3.17. The highest BCUT2D eigenvalue weighted by Gasteiger charge is 2.19. The van der Waals surface area contributed by atoms with E-state index >= 15 is 0 Å². The van der Waals surface area contributed by atoms with Crippen LogP contribution in [0.25, 0.3) is 5.69 Å². The summed E-state index contributed by atoms with van der Waals surface area (Å²) in [7, 11) is 0. The molecule has 0 aliphatic carbocycles. The summed E-state index contributed by atoms with van der Waals surface area (Å²) in [5.74, 6) is -0.850. The van der Waals surface area contributed by atoms with Gasteiger partial charge in [0.15, 0.2) is 6.61 Å². The lowest BCUT2D eigenvalue weighted by molar-refractivity contribution is -0.124. The Morgan fingerprint density at radius 1 is 1.21 bits per heavy atom. The zero-order valence-electron chi connectivity index (χ0n) is 16.0. The number of carbonyl (C=O) groups excluding carboxylic acids is 2. The van der Waals surface area contributed by atoms with Crippen molar-refractivity contribution in [3.05, 3.63) is 69.7 Å². The molecule has 0 aliphatic heterocycles. The number of thiophene rings is 1. The van der Waals surface area contributed by atoms with Crippen LogP contribution < -0.4 is 5.32 Å². The monoisotopic (exact) mass is 397 g/mol. The summed E-state index contributed by atoms with van der Waals surface area (Å²) in [5, 5.41) is 9.09. The molecule has 0 unspecified atom stereocenters. The molecule has 3 rings (SSSR count). The van der Waals surface area contributed by atoms with Gasteiger partial charge in [-0.3, -0.25) is 4.79 Å². The number of nitrogens with one attached hydrogen (secondary N) is 1. The maximum Gasteiger partial charge on any atom is 0.342 e. The fourth-order valence-electron chi connectivity index (χ4n) is 2.83. The topological polar surface area (TPSA) is 73.2 Å². The summed E-state index contributed by atoms with van der Waals surface area (Å²) in [6, 6.07) is 11.9. The Morgan fingerprint density at radius 3 is 2.68 bits per heavy atom. The largest absolute Gasteiger partial charge is 0.452 e. The Hall–Kier alpha value is -2.93. The minimum atomic E-state index is -0.538. The molecule has 1 N–H and O–H groups in total. The van der Waals surface area contributed by atoms with Gasteiger partial charge in [0.25, 0.3) is 5.91 Å². The van der Waals surface area contributed by atoms with Crippen LogP contribution in [-0.2, 0) is 22.4 Å². The number of benzene rings is 1. The quantitative estimate of drug-likeness (QED) is 0.592. The van der Waals surface area contributed by atoms with Gasteiger partial charge in [-0.2, -0.15) is 5.10 Å². The molecule has 0 saturated heterocycles. The Kier molecular flexibility index (Phi) is 6.60. The number of esters is 1. The highest BCUT2D eigenvalue weighted by molar-refractivity contribution is 7.09. The zero-order valence-corrected chi connectivity index (χ0v) is 16.8. The first-order valence-corrected chi connectivity index (χ1v) is 10.1. The van der Waals surface area contributed by atoms with E-state index in [4.69, 9.17) is 4.74 Å². The molecule has 7 heteroatoms. The average Bonchev–Trinajstić information content (AvgIpc) is 3.36. The summed E-state index contributed by atoms with van der Waals surface area (Å²) >= 11 is 1.65. The number of ether oxygens (including phenoxy) is 1. The Balaban J connectivity index is 1.56. The predicted octanol–water partition coefficient (Wildman–Crippen LogP) is 3.32. The van der Waals surface area contributed by atoms with Crippen molar-refractivity contribution in [1.29, 1.82) is 0 Å². The van der Waals surface area contributed by atoms with Crippen molar-refractivity contribution in [3.8, 4) is 5.69 Å². The van der Waals surface area contributed by atoms with E-state index in [2.05, 4.69) is 10.4 Å². The second kappa shape index (κ2) is 9.32. The molecule has 0 radical (unpaired) electrons. The second-order valence-corrected chi connectivity index (χ2v) is 7.39. The number of aryl methyl sites for hydroxylation is 1. The Morgan fingerprint density at radius 2 is 2.00 bits per heavy atom. The Labute approximate surface area is 168 Å². The molecule has 2 aromatic heterocycles. The molecule has 0 bridgehead atoms. The van der Waals surface area contributed by atoms with E-state index in [1.165, 1.54) is 11.1 Å². The standard InChI is InChI=1S/C21H23N3O3S/c1-3-19-18(13-23-24(19)16-8-6-15(2)7-9-16)21(26)27-14-20(25)22-11-10-17-5-4-12-28-17/h4-9,12-13H,3,10-11,14H2,1-2H3,(H,22,25). The first-order chi connectivity index (χ1) is 13.6. The van der Waals surface area contributed by atoms with Gasteiger partial charge < -0.3 is 10.1 Å². The maximum atomic E-state index is 12.4. The molecular weight excluding hydrogens is 374 g/mol. The molecule has 2 heterocycles. The molecule has 0 spiro atoms. The summed E-state index contributed by atoms with van der Waals surface area (Å²) < 4.78 is 6.92. The Bertz CT molecular complexity index is 930. The van der Waals surface area contributed by atoms with Crippen molar-refractivity contribution >= 4 is 23.2 Å². The van der Waals surface area contributed by atoms with Gasteiger partial charge in [0.1, 0.15) is 5.56 Å². The number of rotatable bonds is 8. The summed E-state index contributed by atoms with van der Waals surface area (Å²) in [6.07, 6.45) is 2.88. The number of hydrogen-bond donors (Lipinski definition) is 1. The molecule has 28 heavy (non-hydrogen) atoms.